The van der Waals surface area contributed by atoms with Crippen LogP contribution in [0.3, 0.4) is 0 Å². The number of amides is 1. The van der Waals surface area contributed by atoms with Crippen molar-refractivity contribution in [3.8, 4) is 0 Å². The van der Waals surface area contributed by atoms with Crippen molar-refractivity contribution in [2.45, 2.75) is 37.8 Å². The molecule has 0 aromatic carbocycles. The highest BCUT2D eigenvalue weighted by molar-refractivity contribution is 5.78. The summed E-state index contributed by atoms with van der Waals surface area (Å²) in [6.07, 6.45) is 3.06. The molecule has 8 nitrogen and oxygen atoms in total. The second-order valence-corrected chi connectivity index (χ2v) is 8.14. The summed E-state index contributed by atoms with van der Waals surface area (Å²) < 4.78 is 2.11. The summed E-state index contributed by atoms with van der Waals surface area (Å²) >= 11 is 0. The summed E-state index contributed by atoms with van der Waals surface area (Å²) in [6, 6.07) is 0.274. The molecule has 1 amide bonds. The number of nitrogens with zero attached hydrogens (tertiary/aromatic N) is 6. The van der Waals surface area contributed by atoms with Crippen molar-refractivity contribution >= 4 is 5.91 Å². The molecule has 1 aliphatic carbocycles. The lowest BCUT2D eigenvalue weighted by molar-refractivity contribution is -0.123. The normalized spacial score (nSPS) is 25.1. The minimum atomic E-state index is 0.157. The first-order valence-electron chi connectivity index (χ1n) is 9.65. The average molecular weight is 364 g/mol. The molecule has 2 aliphatic rings. The molecule has 0 spiro atoms. The van der Waals surface area contributed by atoms with Gasteiger partial charge in [-0.3, -0.25) is 9.69 Å². The Morgan fingerprint density at radius 2 is 1.92 bits per heavy atom. The van der Waals surface area contributed by atoms with E-state index in [1.807, 2.05) is 21.1 Å². The maximum atomic E-state index is 12.3. The summed E-state index contributed by atoms with van der Waals surface area (Å²) in [5.41, 5.74) is 0. The van der Waals surface area contributed by atoms with Crippen LogP contribution in [0.25, 0.3) is 0 Å². The topological polar surface area (TPSA) is 69.5 Å². The van der Waals surface area contributed by atoms with E-state index < -0.39 is 0 Å². The van der Waals surface area contributed by atoms with E-state index in [0.29, 0.717) is 12.5 Å². The minimum Gasteiger partial charge on any atom is -0.352 e. The molecule has 1 saturated carbocycles. The van der Waals surface area contributed by atoms with Gasteiger partial charge in [-0.1, -0.05) is 0 Å². The third-order valence-electron chi connectivity index (χ3n) is 5.50. The van der Waals surface area contributed by atoms with Crippen LogP contribution in [0.15, 0.2) is 0 Å². The Balaban J connectivity index is 1.42. The van der Waals surface area contributed by atoms with Gasteiger partial charge < -0.3 is 19.7 Å². The fourth-order valence-corrected chi connectivity index (χ4v) is 3.83. The zero-order valence-corrected chi connectivity index (χ0v) is 16.6. The molecule has 2 fully saturated rings. The van der Waals surface area contributed by atoms with Crippen LogP contribution in [-0.4, -0.2) is 95.3 Å². The first-order chi connectivity index (χ1) is 12.4. The highest BCUT2D eigenvalue weighted by atomic mass is 16.2. The summed E-state index contributed by atoms with van der Waals surface area (Å²) in [5, 5.41) is 11.9. The quantitative estimate of drug-likeness (QED) is 0.760. The molecule has 146 valence electrons. The number of rotatable bonds is 6. The van der Waals surface area contributed by atoms with Crippen LogP contribution in [0.5, 0.6) is 0 Å². The molecule has 26 heavy (non-hydrogen) atoms. The van der Waals surface area contributed by atoms with Crippen molar-refractivity contribution in [1.82, 2.24) is 34.8 Å². The van der Waals surface area contributed by atoms with E-state index in [9.17, 15) is 4.79 Å². The van der Waals surface area contributed by atoms with E-state index in [4.69, 9.17) is 0 Å². The molecule has 8 heteroatoms. The molecule has 1 N–H and O–H groups in total. The van der Waals surface area contributed by atoms with E-state index in [0.717, 1.165) is 63.6 Å². The van der Waals surface area contributed by atoms with Gasteiger partial charge in [-0.05, 0) is 53.5 Å². The monoisotopic (exact) mass is 363 g/mol. The molecule has 1 aromatic rings. The average Bonchev–Trinajstić information content (AvgIpc) is 2.75. The predicted molar refractivity (Wildman–Crippen MR) is 101 cm³/mol. The van der Waals surface area contributed by atoms with Crippen molar-refractivity contribution in [3.05, 3.63) is 11.6 Å². The molecule has 2 heterocycles. The van der Waals surface area contributed by atoms with Gasteiger partial charge in [0.25, 0.3) is 0 Å². The van der Waals surface area contributed by atoms with Crippen molar-refractivity contribution in [2.24, 2.45) is 7.05 Å². The van der Waals surface area contributed by atoms with E-state index >= 15 is 0 Å². The Morgan fingerprint density at radius 3 is 2.65 bits per heavy atom. The fourth-order valence-electron chi connectivity index (χ4n) is 3.83. The van der Waals surface area contributed by atoms with Crippen LogP contribution < -0.4 is 5.32 Å². The summed E-state index contributed by atoms with van der Waals surface area (Å²) in [7, 11) is 8.25. The molecular formula is C18H33N7O. The molecular weight excluding hydrogens is 330 g/mol. The minimum absolute atomic E-state index is 0.157. The van der Waals surface area contributed by atoms with Crippen molar-refractivity contribution < 1.29 is 4.79 Å². The number of aromatic nitrogens is 3. The number of nitrogens with one attached hydrogen (secondary N) is 1. The van der Waals surface area contributed by atoms with Gasteiger partial charge in [-0.15, -0.1) is 10.2 Å². The Bertz CT molecular complexity index is 609. The zero-order chi connectivity index (χ0) is 18.7. The Morgan fingerprint density at radius 1 is 1.15 bits per heavy atom. The van der Waals surface area contributed by atoms with Crippen LogP contribution >= 0.6 is 0 Å². The Labute approximate surface area is 156 Å². The largest absolute Gasteiger partial charge is 0.352 e. The molecule has 1 aromatic heterocycles. The Kier molecular flexibility index (Phi) is 6.26. The molecule has 0 atom stereocenters. The van der Waals surface area contributed by atoms with Gasteiger partial charge in [-0.25, -0.2) is 0 Å². The molecule has 1 saturated heterocycles. The van der Waals surface area contributed by atoms with Crippen LogP contribution in [0.2, 0.25) is 0 Å². The maximum absolute atomic E-state index is 12.3. The lowest BCUT2D eigenvalue weighted by atomic mass is 9.79. The number of hydrogen-bond donors (Lipinski definition) is 1. The SMILES string of the molecule is CN(C)Cc1nnc(C2CC(NC(=O)CN3CCCN(C)CC3)C2)n1C. The molecule has 0 unspecified atom stereocenters. The van der Waals surface area contributed by atoms with Crippen molar-refractivity contribution in [3.63, 3.8) is 0 Å². The second-order valence-electron chi connectivity index (χ2n) is 8.14. The van der Waals surface area contributed by atoms with Gasteiger partial charge in [-0.2, -0.15) is 0 Å². The summed E-state index contributed by atoms with van der Waals surface area (Å²) in [6.45, 7) is 5.47. The van der Waals surface area contributed by atoms with E-state index in [2.05, 4.69) is 41.8 Å². The number of hydrogen-bond acceptors (Lipinski definition) is 6. The van der Waals surface area contributed by atoms with E-state index in [1.54, 1.807) is 0 Å². The smallest absolute Gasteiger partial charge is 0.234 e. The second kappa shape index (κ2) is 8.45. The first-order valence-corrected chi connectivity index (χ1v) is 9.65. The van der Waals surface area contributed by atoms with Gasteiger partial charge in [0.2, 0.25) is 5.91 Å². The third kappa shape index (κ3) is 4.81. The number of likely N-dealkylation sites (N-methyl/N-ethyl adjacent to an activating group) is 1. The Hall–Kier alpha value is -1.51. The van der Waals surface area contributed by atoms with Crippen LogP contribution in [-0.2, 0) is 18.4 Å². The molecule has 0 radical (unpaired) electrons. The van der Waals surface area contributed by atoms with Gasteiger partial charge >= 0.3 is 0 Å². The highest BCUT2D eigenvalue weighted by Crippen LogP contribution is 2.35. The zero-order valence-electron chi connectivity index (χ0n) is 16.6. The fraction of sp³-hybridized carbons (Fsp3) is 0.833. The van der Waals surface area contributed by atoms with Crippen molar-refractivity contribution in [2.75, 3.05) is 53.9 Å². The lowest BCUT2D eigenvalue weighted by Crippen LogP contribution is -2.48. The number of carbonyl (C=O) groups is 1. The van der Waals surface area contributed by atoms with Crippen LogP contribution in [0.4, 0.5) is 0 Å². The predicted octanol–water partition coefficient (Wildman–Crippen LogP) is -0.124. The van der Waals surface area contributed by atoms with Crippen molar-refractivity contribution in [1.29, 1.82) is 0 Å². The van der Waals surface area contributed by atoms with Gasteiger partial charge in [0.15, 0.2) is 0 Å². The standard InChI is InChI=1S/C18H33N7O/c1-22(2)12-16-20-21-18(24(16)4)14-10-15(11-14)19-17(26)13-25-7-5-6-23(3)8-9-25/h14-15H,5-13H2,1-4H3,(H,19,26). The molecule has 3 rings (SSSR count). The number of carbonyl (C=O) groups excluding carboxylic acids is 1. The van der Waals surface area contributed by atoms with Crippen LogP contribution in [0, 0.1) is 0 Å². The van der Waals surface area contributed by atoms with E-state index in [-0.39, 0.29) is 11.9 Å². The van der Waals surface area contributed by atoms with Gasteiger partial charge in [0.05, 0.1) is 13.1 Å². The maximum Gasteiger partial charge on any atom is 0.234 e. The summed E-state index contributed by atoms with van der Waals surface area (Å²) in [4.78, 5) is 19.0. The van der Waals surface area contributed by atoms with Gasteiger partial charge in [0.1, 0.15) is 11.6 Å². The first kappa shape index (κ1) is 19.3. The van der Waals surface area contributed by atoms with E-state index in [1.165, 1.54) is 0 Å². The third-order valence-corrected chi connectivity index (χ3v) is 5.50. The highest BCUT2D eigenvalue weighted by Gasteiger charge is 2.35. The van der Waals surface area contributed by atoms with Crippen LogP contribution in [0.1, 0.15) is 36.8 Å². The lowest BCUT2D eigenvalue weighted by Gasteiger charge is -2.35. The molecule has 0 bridgehead atoms. The van der Waals surface area contributed by atoms with Gasteiger partial charge in [0, 0.05) is 32.1 Å². The summed E-state index contributed by atoms with van der Waals surface area (Å²) in [5.74, 6) is 2.59. The molecule has 1 aliphatic heterocycles.